The highest BCUT2D eigenvalue weighted by Crippen LogP contribution is 2.31. The Morgan fingerprint density at radius 1 is 1.25 bits per heavy atom. The van der Waals surface area contributed by atoms with Gasteiger partial charge in [0.1, 0.15) is 5.82 Å². The Labute approximate surface area is 121 Å². The van der Waals surface area contributed by atoms with Gasteiger partial charge in [-0.15, -0.1) is 0 Å². The summed E-state index contributed by atoms with van der Waals surface area (Å²) in [5.74, 6) is -0.982. The van der Waals surface area contributed by atoms with E-state index in [1.807, 2.05) is 18.2 Å². The van der Waals surface area contributed by atoms with Crippen LogP contribution in [0.3, 0.4) is 0 Å². The second-order valence-electron chi connectivity index (χ2n) is 4.89. The normalized spacial score (nSPS) is 16.8. The molecule has 2 aromatic rings. The highest BCUT2D eigenvalue weighted by Gasteiger charge is 2.24. The molecule has 0 aliphatic heterocycles. The zero-order chi connectivity index (χ0) is 14.1. The summed E-state index contributed by atoms with van der Waals surface area (Å²) in [6.45, 7) is 0. The van der Waals surface area contributed by atoms with Crippen LogP contribution < -0.4 is 5.32 Å². The first-order valence-corrected chi connectivity index (χ1v) is 6.86. The van der Waals surface area contributed by atoms with Gasteiger partial charge in [0.2, 0.25) is 0 Å². The molecule has 3 rings (SSSR count). The summed E-state index contributed by atoms with van der Waals surface area (Å²) in [5.41, 5.74) is 2.34. The number of carbonyl (C=O) groups excluding carboxylic acids is 1. The van der Waals surface area contributed by atoms with Crippen LogP contribution in [0.25, 0.3) is 0 Å². The minimum atomic E-state index is -0.557. The van der Waals surface area contributed by atoms with Crippen LogP contribution in [0.15, 0.2) is 42.5 Å². The second kappa shape index (κ2) is 5.25. The van der Waals surface area contributed by atoms with Crippen molar-refractivity contribution in [2.75, 3.05) is 0 Å². The molecule has 1 N–H and O–H groups in total. The van der Waals surface area contributed by atoms with E-state index in [1.54, 1.807) is 0 Å². The highest BCUT2D eigenvalue weighted by atomic mass is 35.5. The molecule has 0 bridgehead atoms. The van der Waals surface area contributed by atoms with Crippen molar-refractivity contribution in [3.63, 3.8) is 0 Å². The lowest BCUT2D eigenvalue weighted by molar-refractivity contribution is 0.0932. The third-order valence-electron chi connectivity index (χ3n) is 3.61. The molecule has 1 amide bonds. The van der Waals surface area contributed by atoms with Gasteiger partial charge in [-0.25, -0.2) is 4.39 Å². The number of rotatable bonds is 2. The number of benzene rings is 2. The summed E-state index contributed by atoms with van der Waals surface area (Å²) in [6.07, 6.45) is 1.77. The molecule has 2 nitrogen and oxygen atoms in total. The van der Waals surface area contributed by atoms with Crippen LogP contribution in [-0.2, 0) is 6.42 Å². The van der Waals surface area contributed by atoms with Gasteiger partial charge in [-0.05, 0) is 42.2 Å². The van der Waals surface area contributed by atoms with Crippen molar-refractivity contribution in [2.24, 2.45) is 0 Å². The molecular formula is C16H13ClFNO. The van der Waals surface area contributed by atoms with E-state index in [0.717, 1.165) is 18.4 Å². The Hall–Kier alpha value is -1.87. The SMILES string of the molecule is O=C(N[C@@H]1CCc2ccccc21)c1cc(Cl)ccc1F. The van der Waals surface area contributed by atoms with Crippen LogP contribution in [0.4, 0.5) is 4.39 Å². The number of hydrogen-bond acceptors (Lipinski definition) is 1. The van der Waals surface area contributed by atoms with Gasteiger partial charge >= 0.3 is 0 Å². The number of halogens is 2. The molecule has 102 valence electrons. The maximum Gasteiger partial charge on any atom is 0.254 e. The molecule has 0 saturated heterocycles. The minimum absolute atomic E-state index is 0.0121. The Balaban J connectivity index is 1.82. The van der Waals surface area contributed by atoms with Crippen LogP contribution in [0.5, 0.6) is 0 Å². The lowest BCUT2D eigenvalue weighted by atomic mass is 10.1. The molecule has 20 heavy (non-hydrogen) atoms. The molecule has 0 spiro atoms. The molecule has 0 unspecified atom stereocenters. The Morgan fingerprint density at radius 2 is 2.05 bits per heavy atom. The van der Waals surface area contributed by atoms with E-state index in [-0.39, 0.29) is 11.6 Å². The summed E-state index contributed by atoms with van der Waals surface area (Å²) in [5, 5.41) is 3.23. The molecule has 0 aromatic heterocycles. The van der Waals surface area contributed by atoms with Gasteiger partial charge in [0, 0.05) is 5.02 Å². The summed E-state index contributed by atoms with van der Waals surface area (Å²) >= 11 is 5.81. The number of hydrogen-bond donors (Lipinski definition) is 1. The maximum atomic E-state index is 13.7. The van der Waals surface area contributed by atoms with Crippen LogP contribution in [-0.4, -0.2) is 5.91 Å². The lowest BCUT2D eigenvalue weighted by Gasteiger charge is -2.14. The largest absolute Gasteiger partial charge is 0.345 e. The predicted octanol–water partition coefficient (Wildman–Crippen LogP) is 3.90. The third-order valence-corrected chi connectivity index (χ3v) is 3.85. The number of nitrogens with one attached hydrogen (secondary N) is 1. The Morgan fingerprint density at radius 3 is 2.90 bits per heavy atom. The number of carbonyl (C=O) groups is 1. The monoisotopic (exact) mass is 289 g/mol. The first-order chi connectivity index (χ1) is 9.65. The molecule has 4 heteroatoms. The van der Waals surface area contributed by atoms with Gasteiger partial charge in [-0.1, -0.05) is 35.9 Å². The fraction of sp³-hybridized carbons (Fsp3) is 0.188. The molecule has 0 fully saturated rings. The topological polar surface area (TPSA) is 29.1 Å². The van der Waals surface area contributed by atoms with Crippen LogP contribution in [0.1, 0.15) is 33.9 Å². The first-order valence-electron chi connectivity index (χ1n) is 6.49. The zero-order valence-electron chi connectivity index (χ0n) is 10.7. The quantitative estimate of drug-likeness (QED) is 0.893. The molecule has 0 heterocycles. The standard InChI is InChI=1S/C16H13ClFNO/c17-11-6-7-14(18)13(9-11)16(20)19-15-8-5-10-3-1-2-4-12(10)15/h1-4,6-7,9,15H,5,8H2,(H,19,20)/t15-/m1/s1. The van der Waals surface area contributed by atoms with Crippen molar-refractivity contribution in [1.29, 1.82) is 0 Å². The van der Waals surface area contributed by atoms with Gasteiger partial charge < -0.3 is 5.32 Å². The van der Waals surface area contributed by atoms with E-state index in [2.05, 4.69) is 11.4 Å². The van der Waals surface area contributed by atoms with Gasteiger partial charge in [0.25, 0.3) is 5.91 Å². The third kappa shape index (κ3) is 2.41. The molecule has 2 aromatic carbocycles. The van der Waals surface area contributed by atoms with Crippen LogP contribution in [0, 0.1) is 5.82 Å². The molecule has 0 radical (unpaired) electrons. The van der Waals surface area contributed by atoms with E-state index < -0.39 is 11.7 Å². The Bertz CT molecular complexity index is 671. The van der Waals surface area contributed by atoms with Gasteiger partial charge in [-0.3, -0.25) is 4.79 Å². The van der Waals surface area contributed by atoms with Crippen molar-refractivity contribution in [1.82, 2.24) is 5.32 Å². The number of fused-ring (bicyclic) bond motifs is 1. The van der Waals surface area contributed by atoms with Crippen LogP contribution in [0.2, 0.25) is 5.02 Å². The van der Waals surface area contributed by atoms with Crippen molar-refractivity contribution in [3.8, 4) is 0 Å². The predicted molar refractivity (Wildman–Crippen MR) is 76.4 cm³/mol. The van der Waals surface area contributed by atoms with Crippen LogP contribution >= 0.6 is 11.6 Å². The van der Waals surface area contributed by atoms with Gasteiger partial charge in [0.15, 0.2) is 0 Å². The first kappa shape index (κ1) is 13.1. The summed E-state index contributed by atoms with van der Waals surface area (Å²) in [6, 6.07) is 11.9. The molecule has 0 saturated carbocycles. The lowest BCUT2D eigenvalue weighted by Crippen LogP contribution is -2.27. The summed E-state index contributed by atoms with van der Waals surface area (Å²) in [7, 11) is 0. The van der Waals surface area contributed by atoms with E-state index >= 15 is 0 Å². The van der Waals surface area contributed by atoms with Crippen molar-refractivity contribution in [2.45, 2.75) is 18.9 Å². The molecule has 1 aliphatic carbocycles. The smallest absolute Gasteiger partial charge is 0.254 e. The Kier molecular flexibility index (Phi) is 3.45. The average molecular weight is 290 g/mol. The number of aryl methyl sites for hydroxylation is 1. The van der Waals surface area contributed by atoms with Gasteiger partial charge in [-0.2, -0.15) is 0 Å². The second-order valence-corrected chi connectivity index (χ2v) is 5.32. The molecule has 1 atom stereocenters. The van der Waals surface area contributed by atoms with Gasteiger partial charge in [0.05, 0.1) is 11.6 Å². The maximum absolute atomic E-state index is 13.7. The van der Waals surface area contributed by atoms with Crippen molar-refractivity contribution in [3.05, 3.63) is 70.0 Å². The number of amides is 1. The van der Waals surface area contributed by atoms with Crippen molar-refractivity contribution < 1.29 is 9.18 Å². The van der Waals surface area contributed by atoms with E-state index in [9.17, 15) is 9.18 Å². The molecular weight excluding hydrogens is 277 g/mol. The summed E-state index contributed by atoms with van der Waals surface area (Å²) < 4.78 is 13.7. The van der Waals surface area contributed by atoms with E-state index in [4.69, 9.17) is 11.6 Å². The average Bonchev–Trinajstić information content (AvgIpc) is 2.85. The summed E-state index contributed by atoms with van der Waals surface area (Å²) in [4.78, 5) is 12.2. The highest BCUT2D eigenvalue weighted by molar-refractivity contribution is 6.31. The zero-order valence-corrected chi connectivity index (χ0v) is 11.5. The molecule has 1 aliphatic rings. The van der Waals surface area contributed by atoms with Crippen molar-refractivity contribution >= 4 is 17.5 Å². The fourth-order valence-corrected chi connectivity index (χ4v) is 2.79. The fourth-order valence-electron chi connectivity index (χ4n) is 2.61. The van der Waals surface area contributed by atoms with E-state index in [0.29, 0.717) is 5.02 Å². The van der Waals surface area contributed by atoms with E-state index in [1.165, 1.54) is 23.8 Å². The minimum Gasteiger partial charge on any atom is -0.345 e.